The van der Waals surface area contributed by atoms with E-state index in [9.17, 15) is 4.79 Å². The van der Waals surface area contributed by atoms with Crippen molar-refractivity contribution in [3.05, 3.63) is 47.6 Å². The Labute approximate surface area is 128 Å². The highest BCUT2D eigenvalue weighted by Crippen LogP contribution is 2.22. The van der Waals surface area contributed by atoms with Crippen molar-refractivity contribution in [3.8, 4) is 11.6 Å². The maximum Gasteiger partial charge on any atom is 0.238 e. The molecule has 1 N–H and O–H groups in total. The third kappa shape index (κ3) is 5.06. The average molecular weight is 306 g/mol. The number of amides is 1. The summed E-state index contributed by atoms with van der Waals surface area (Å²) >= 11 is 5.76. The van der Waals surface area contributed by atoms with Crippen molar-refractivity contribution in [1.29, 1.82) is 0 Å². The zero-order valence-corrected chi connectivity index (χ0v) is 12.6. The molecule has 0 bridgehead atoms. The summed E-state index contributed by atoms with van der Waals surface area (Å²) in [5.41, 5.74) is 0.721. The number of anilines is 1. The monoisotopic (exact) mass is 305 g/mol. The quantitative estimate of drug-likeness (QED) is 0.922. The number of pyridine rings is 1. The lowest BCUT2D eigenvalue weighted by molar-refractivity contribution is -0.116. The van der Waals surface area contributed by atoms with Crippen molar-refractivity contribution in [3.63, 3.8) is 0 Å². The number of likely N-dealkylation sites (N-methyl/N-ethyl adjacent to an activating group) is 1. The molecule has 1 heterocycles. The molecule has 0 saturated heterocycles. The van der Waals surface area contributed by atoms with E-state index >= 15 is 0 Å². The van der Waals surface area contributed by atoms with Crippen molar-refractivity contribution in [2.75, 3.05) is 26.0 Å². The fourth-order valence-corrected chi connectivity index (χ4v) is 1.75. The van der Waals surface area contributed by atoms with E-state index in [1.807, 2.05) is 14.1 Å². The lowest BCUT2D eigenvalue weighted by Crippen LogP contribution is -2.26. The number of hydrogen-bond acceptors (Lipinski definition) is 4. The zero-order valence-electron chi connectivity index (χ0n) is 11.8. The van der Waals surface area contributed by atoms with E-state index in [-0.39, 0.29) is 5.91 Å². The van der Waals surface area contributed by atoms with Crippen LogP contribution >= 0.6 is 11.6 Å². The van der Waals surface area contributed by atoms with Crippen molar-refractivity contribution in [1.82, 2.24) is 9.88 Å². The van der Waals surface area contributed by atoms with Crippen LogP contribution in [0.15, 0.2) is 42.6 Å². The van der Waals surface area contributed by atoms with Gasteiger partial charge in [0.05, 0.1) is 11.6 Å². The molecule has 0 aliphatic carbocycles. The number of ether oxygens (including phenoxy) is 1. The van der Waals surface area contributed by atoms with Crippen LogP contribution in [-0.4, -0.2) is 36.4 Å². The Balaban J connectivity index is 1.95. The molecule has 0 radical (unpaired) electrons. The third-order valence-electron chi connectivity index (χ3n) is 2.52. The number of nitrogens with zero attached hydrogens (tertiary/aromatic N) is 2. The Morgan fingerprint density at radius 2 is 1.95 bits per heavy atom. The smallest absolute Gasteiger partial charge is 0.238 e. The van der Waals surface area contributed by atoms with Gasteiger partial charge in [0.15, 0.2) is 0 Å². The summed E-state index contributed by atoms with van der Waals surface area (Å²) in [5, 5.41) is 3.36. The minimum atomic E-state index is -0.0620. The van der Waals surface area contributed by atoms with Crippen LogP contribution in [-0.2, 0) is 4.79 Å². The summed E-state index contributed by atoms with van der Waals surface area (Å²) in [4.78, 5) is 17.5. The van der Waals surface area contributed by atoms with E-state index in [0.717, 1.165) is 5.69 Å². The molecule has 0 unspecified atom stereocenters. The molecule has 1 amide bonds. The van der Waals surface area contributed by atoms with Gasteiger partial charge in [0, 0.05) is 18.0 Å². The van der Waals surface area contributed by atoms with E-state index in [1.54, 1.807) is 41.3 Å². The van der Waals surface area contributed by atoms with Gasteiger partial charge in [-0.05, 0) is 44.4 Å². The standard InChI is InChI=1S/C15H16ClN3O2/c1-19(2)10-14(20)18-12-4-6-13(7-5-12)21-15-8-3-11(16)9-17-15/h3-9H,10H2,1-2H3,(H,18,20). The maximum absolute atomic E-state index is 11.6. The second-order valence-corrected chi connectivity index (χ2v) is 5.16. The van der Waals surface area contributed by atoms with Crippen molar-refractivity contribution < 1.29 is 9.53 Å². The number of carbonyl (C=O) groups is 1. The number of halogens is 1. The Bertz CT molecular complexity index is 597. The van der Waals surface area contributed by atoms with Gasteiger partial charge in [-0.2, -0.15) is 0 Å². The second-order valence-electron chi connectivity index (χ2n) is 4.73. The van der Waals surface area contributed by atoms with Crippen molar-refractivity contribution >= 4 is 23.2 Å². The summed E-state index contributed by atoms with van der Waals surface area (Å²) < 4.78 is 5.57. The number of nitrogens with one attached hydrogen (secondary N) is 1. The third-order valence-corrected chi connectivity index (χ3v) is 2.74. The van der Waals surface area contributed by atoms with Gasteiger partial charge in [-0.3, -0.25) is 4.79 Å². The van der Waals surface area contributed by atoms with Gasteiger partial charge in [0.25, 0.3) is 0 Å². The molecular formula is C15H16ClN3O2. The number of hydrogen-bond donors (Lipinski definition) is 1. The summed E-state index contributed by atoms with van der Waals surface area (Å²) in [7, 11) is 3.69. The lowest BCUT2D eigenvalue weighted by Gasteiger charge is -2.10. The molecule has 1 aromatic carbocycles. The molecule has 0 spiro atoms. The number of rotatable bonds is 5. The largest absolute Gasteiger partial charge is 0.439 e. The summed E-state index contributed by atoms with van der Waals surface area (Å²) in [5.74, 6) is 1.03. The number of carbonyl (C=O) groups excluding carboxylic acids is 1. The van der Waals surface area contributed by atoms with Crippen LogP contribution in [0.4, 0.5) is 5.69 Å². The minimum Gasteiger partial charge on any atom is -0.439 e. The first-order valence-corrected chi connectivity index (χ1v) is 6.75. The van der Waals surface area contributed by atoms with Gasteiger partial charge >= 0.3 is 0 Å². The topological polar surface area (TPSA) is 54.5 Å². The SMILES string of the molecule is CN(C)CC(=O)Nc1ccc(Oc2ccc(Cl)cn2)cc1. The molecule has 21 heavy (non-hydrogen) atoms. The molecular weight excluding hydrogens is 290 g/mol. The van der Waals surface area contributed by atoms with Crippen LogP contribution in [0.2, 0.25) is 5.02 Å². The van der Waals surface area contributed by atoms with E-state index in [2.05, 4.69) is 10.3 Å². The number of aromatic nitrogens is 1. The van der Waals surface area contributed by atoms with Crippen molar-refractivity contribution in [2.45, 2.75) is 0 Å². The van der Waals surface area contributed by atoms with Gasteiger partial charge in [-0.1, -0.05) is 11.6 Å². The molecule has 2 aromatic rings. The Morgan fingerprint density at radius 3 is 2.52 bits per heavy atom. The van der Waals surface area contributed by atoms with E-state index < -0.39 is 0 Å². The molecule has 0 saturated carbocycles. The molecule has 110 valence electrons. The number of benzene rings is 1. The van der Waals surface area contributed by atoms with Crippen LogP contribution in [0.25, 0.3) is 0 Å². The van der Waals surface area contributed by atoms with Gasteiger partial charge in [-0.25, -0.2) is 4.98 Å². The van der Waals surface area contributed by atoms with Gasteiger partial charge in [0.2, 0.25) is 11.8 Å². The van der Waals surface area contributed by atoms with Crippen LogP contribution in [0.3, 0.4) is 0 Å². The first-order valence-electron chi connectivity index (χ1n) is 6.37. The summed E-state index contributed by atoms with van der Waals surface area (Å²) in [6.45, 7) is 0.340. The second kappa shape index (κ2) is 7.06. The predicted molar refractivity (Wildman–Crippen MR) is 82.9 cm³/mol. The van der Waals surface area contributed by atoms with Crippen molar-refractivity contribution in [2.24, 2.45) is 0 Å². The Morgan fingerprint density at radius 1 is 1.24 bits per heavy atom. The van der Waals surface area contributed by atoms with Crippen LogP contribution in [0.5, 0.6) is 11.6 Å². The van der Waals surface area contributed by atoms with E-state index in [0.29, 0.717) is 23.2 Å². The molecule has 6 heteroatoms. The lowest BCUT2D eigenvalue weighted by atomic mass is 10.3. The average Bonchev–Trinajstić information content (AvgIpc) is 2.42. The highest BCUT2D eigenvalue weighted by molar-refractivity contribution is 6.30. The van der Waals surface area contributed by atoms with Gasteiger partial charge in [0.1, 0.15) is 5.75 Å². The summed E-state index contributed by atoms with van der Waals surface area (Å²) in [6.07, 6.45) is 1.52. The minimum absolute atomic E-state index is 0.0620. The molecule has 5 nitrogen and oxygen atoms in total. The van der Waals surface area contributed by atoms with E-state index in [1.165, 1.54) is 6.20 Å². The van der Waals surface area contributed by atoms with Gasteiger partial charge in [-0.15, -0.1) is 0 Å². The summed E-state index contributed by atoms with van der Waals surface area (Å²) in [6, 6.07) is 10.5. The highest BCUT2D eigenvalue weighted by atomic mass is 35.5. The Kier molecular flexibility index (Phi) is 5.14. The molecule has 1 aromatic heterocycles. The Hall–Kier alpha value is -2.11. The first kappa shape index (κ1) is 15.3. The maximum atomic E-state index is 11.6. The van der Waals surface area contributed by atoms with Crippen LogP contribution in [0, 0.1) is 0 Å². The fourth-order valence-electron chi connectivity index (χ4n) is 1.64. The van der Waals surface area contributed by atoms with E-state index in [4.69, 9.17) is 16.3 Å². The fraction of sp³-hybridized carbons (Fsp3) is 0.200. The molecule has 0 fully saturated rings. The molecule has 2 rings (SSSR count). The van der Waals surface area contributed by atoms with Crippen LogP contribution < -0.4 is 10.1 Å². The normalized spacial score (nSPS) is 10.5. The zero-order chi connectivity index (χ0) is 15.2. The predicted octanol–water partition coefficient (Wildman–Crippen LogP) is 3.03. The van der Waals surface area contributed by atoms with Gasteiger partial charge < -0.3 is 15.0 Å². The molecule has 0 aliphatic rings. The van der Waals surface area contributed by atoms with Crippen LogP contribution in [0.1, 0.15) is 0 Å². The molecule has 0 atom stereocenters. The molecule has 0 aliphatic heterocycles. The highest BCUT2D eigenvalue weighted by Gasteiger charge is 2.04. The first-order chi connectivity index (χ1) is 10.0.